The Morgan fingerprint density at radius 2 is 1.90 bits per heavy atom. The van der Waals surface area contributed by atoms with E-state index in [4.69, 9.17) is 15.2 Å². The highest BCUT2D eigenvalue weighted by Crippen LogP contribution is 2.23. The molecule has 0 atom stereocenters. The van der Waals surface area contributed by atoms with Crippen LogP contribution < -0.4 is 20.5 Å². The SMILES string of the molecule is CCOc1nc(N)nc(Nc2ccc(OCC)c(F)c2)n1. The van der Waals surface area contributed by atoms with E-state index in [1.807, 2.05) is 0 Å². The van der Waals surface area contributed by atoms with Crippen molar-refractivity contribution in [1.82, 2.24) is 15.0 Å². The minimum atomic E-state index is -0.478. The third-order valence-corrected chi connectivity index (χ3v) is 2.39. The molecular formula is C13H16FN5O2. The van der Waals surface area contributed by atoms with E-state index in [1.54, 1.807) is 19.9 Å². The molecule has 0 aliphatic heterocycles. The molecule has 1 heterocycles. The molecular weight excluding hydrogens is 277 g/mol. The lowest BCUT2D eigenvalue weighted by molar-refractivity contribution is 0.312. The van der Waals surface area contributed by atoms with Gasteiger partial charge in [0.25, 0.3) is 0 Å². The molecule has 2 aromatic rings. The number of hydrogen-bond acceptors (Lipinski definition) is 7. The van der Waals surface area contributed by atoms with Gasteiger partial charge in [-0.3, -0.25) is 0 Å². The van der Waals surface area contributed by atoms with Gasteiger partial charge in [0.2, 0.25) is 11.9 Å². The van der Waals surface area contributed by atoms with Gasteiger partial charge in [0.05, 0.1) is 13.2 Å². The van der Waals surface area contributed by atoms with E-state index in [1.165, 1.54) is 12.1 Å². The van der Waals surface area contributed by atoms with Crippen molar-refractivity contribution in [2.45, 2.75) is 13.8 Å². The fourth-order valence-corrected chi connectivity index (χ4v) is 1.60. The van der Waals surface area contributed by atoms with Crippen molar-refractivity contribution in [2.24, 2.45) is 0 Å². The lowest BCUT2D eigenvalue weighted by Crippen LogP contribution is -2.07. The lowest BCUT2D eigenvalue weighted by Gasteiger charge is -2.09. The van der Waals surface area contributed by atoms with Crippen LogP contribution in [0.3, 0.4) is 0 Å². The van der Waals surface area contributed by atoms with Crippen LogP contribution in [0.25, 0.3) is 0 Å². The van der Waals surface area contributed by atoms with Crippen molar-refractivity contribution >= 4 is 17.6 Å². The van der Waals surface area contributed by atoms with Crippen LogP contribution in [-0.2, 0) is 0 Å². The Morgan fingerprint density at radius 3 is 2.57 bits per heavy atom. The topological polar surface area (TPSA) is 95.2 Å². The van der Waals surface area contributed by atoms with Gasteiger partial charge in [0.1, 0.15) is 0 Å². The lowest BCUT2D eigenvalue weighted by atomic mass is 10.3. The van der Waals surface area contributed by atoms with E-state index in [9.17, 15) is 4.39 Å². The Morgan fingerprint density at radius 1 is 1.14 bits per heavy atom. The van der Waals surface area contributed by atoms with Crippen molar-refractivity contribution in [2.75, 3.05) is 24.3 Å². The molecule has 0 saturated carbocycles. The molecule has 2 rings (SSSR count). The minimum absolute atomic E-state index is 0.0161. The van der Waals surface area contributed by atoms with Crippen LogP contribution in [0, 0.1) is 5.82 Å². The van der Waals surface area contributed by atoms with E-state index in [0.29, 0.717) is 18.9 Å². The second-order valence-electron chi connectivity index (χ2n) is 3.94. The van der Waals surface area contributed by atoms with Gasteiger partial charge in [-0.25, -0.2) is 4.39 Å². The number of benzene rings is 1. The number of halogens is 1. The number of aromatic nitrogens is 3. The molecule has 0 radical (unpaired) electrons. The molecule has 7 nitrogen and oxygen atoms in total. The second-order valence-corrected chi connectivity index (χ2v) is 3.94. The fraction of sp³-hybridized carbons (Fsp3) is 0.308. The average molecular weight is 293 g/mol. The van der Waals surface area contributed by atoms with Gasteiger partial charge in [-0.1, -0.05) is 0 Å². The summed E-state index contributed by atoms with van der Waals surface area (Å²) in [5, 5.41) is 2.84. The first-order valence-corrected chi connectivity index (χ1v) is 6.46. The van der Waals surface area contributed by atoms with Crippen molar-refractivity contribution in [3.63, 3.8) is 0 Å². The monoisotopic (exact) mass is 293 g/mol. The highest BCUT2D eigenvalue weighted by Gasteiger charge is 2.08. The molecule has 3 N–H and O–H groups in total. The Labute approximate surface area is 121 Å². The van der Waals surface area contributed by atoms with E-state index in [-0.39, 0.29) is 23.7 Å². The number of anilines is 3. The molecule has 0 aliphatic rings. The van der Waals surface area contributed by atoms with Gasteiger partial charge in [0, 0.05) is 11.8 Å². The number of rotatable bonds is 6. The molecule has 112 valence electrons. The van der Waals surface area contributed by atoms with Crippen LogP contribution in [0.5, 0.6) is 11.8 Å². The van der Waals surface area contributed by atoms with Crippen molar-refractivity contribution in [1.29, 1.82) is 0 Å². The predicted octanol–water partition coefficient (Wildman–Crippen LogP) is 2.13. The number of nitrogens with zero attached hydrogens (tertiary/aromatic N) is 3. The van der Waals surface area contributed by atoms with E-state index < -0.39 is 5.82 Å². The fourth-order valence-electron chi connectivity index (χ4n) is 1.60. The standard InChI is InChI=1S/C13H16FN5O2/c1-3-20-10-6-5-8(7-9(10)14)16-12-17-11(15)18-13(19-12)21-4-2/h5-7H,3-4H2,1-2H3,(H3,15,16,17,18,19). The van der Waals surface area contributed by atoms with E-state index in [0.717, 1.165) is 0 Å². The molecule has 0 fully saturated rings. The maximum Gasteiger partial charge on any atom is 0.323 e. The molecule has 8 heteroatoms. The summed E-state index contributed by atoms with van der Waals surface area (Å²) in [6.45, 7) is 4.38. The van der Waals surface area contributed by atoms with Crippen LogP contribution in [-0.4, -0.2) is 28.2 Å². The summed E-state index contributed by atoms with van der Waals surface area (Å²) in [4.78, 5) is 11.7. The van der Waals surface area contributed by atoms with Gasteiger partial charge >= 0.3 is 6.01 Å². The molecule has 0 spiro atoms. The number of hydrogen-bond donors (Lipinski definition) is 2. The molecule has 21 heavy (non-hydrogen) atoms. The third-order valence-electron chi connectivity index (χ3n) is 2.39. The van der Waals surface area contributed by atoms with E-state index in [2.05, 4.69) is 20.3 Å². The first-order chi connectivity index (χ1) is 10.1. The number of nitrogens with one attached hydrogen (secondary N) is 1. The molecule has 1 aromatic carbocycles. The van der Waals surface area contributed by atoms with Crippen LogP contribution in [0.15, 0.2) is 18.2 Å². The zero-order valence-electron chi connectivity index (χ0n) is 11.8. The van der Waals surface area contributed by atoms with Crippen LogP contribution in [0.4, 0.5) is 22.0 Å². The van der Waals surface area contributed by atoms with Crippen LogP contribution in [0.1, 0.15) is 13.8 Å². The number of nitrogens with two attached hydrogens (primary N) is 1. The molecule has 0 amide bonds. The molecule has 0 aliphatic carbocycles. The number of nitrogen functional groups attached to an aromatic ring is 1. The van der Waals surface area contributed by atoms with Gasteiger partial charge < -0.3 is 20.5 Å². The van der Waals surface area contributed by atoms with Gasteiger partial charge in [-0.05, 0) is 26.0 Å². The van der Waals surface area contributed by atoms with Crippen molar-refractivity contribution < 1.29 is 13.9 Å². The van der Waals surface area contributed by atoms with Crippen molar-refractivity contribution in [3.8, 4) is 11.8 Å². The Kier molecular flexibility index (Phi) is 4.70. The summed E-state index contributed by atoms with van der Waals surface area (Å²) in [5.41, 5.74) is 6.02. The Bertz CT molecular complexity index is 624. The summed E-state index contributed by atoms with van der Waals surface area (Å²) in [6, 6.07) is 4.56. The summed E-state index contributed by atoms with van der Waals surface area (Å²) in [6.07, 6.45) is 0. The van der Waals surface area contributed by atoms with Gasteiger partial charge in [-0.15, -0.1) is 0 Å². The average Bonchev–Trinajstić information content (AvgIpc) is 2.42. The highest BCUT2D eigenvalue weighted by atomic mass is 19.1. The summed E-state index contributed by atoms with van der Waals surface area (Å²) >= 11 is 0. The largest absolute Gasteiger partial charge is 0.491 e. The molecule has 0 saturated heterocycles. The van der Waals surface area contributed by atoms with Crippen LogP contribution >= 0.6 is 0 Å². The summed E-state index contributed by atoms with van der Waals surface area (Å²) < 4.78 is 24.0. The molecule has 0 bridgehead atoms. The Hall–Kier alpha value is -2.64. The van der Waals surface area contributed by atoms with E-state index >= 15 is 0 Å². The first-order valence-electron chi connectivity index (χ1n) is 6.46. The van der Waals surface area contributed by atoms with Gasteiger partial charge in [0.15, 0.2) is 11.6 Å². The summed E-state index contributed by atoms with van der Waals surface area (Å²) in [5.74, 6) is -0.0982. The quantitative estimate of drug-likeness (QED) is 0.842. The normalized spacial score (nSPS) is 10.2. The van der Waals surface area contributed by atoms with Crippen LogP contribution in [0.2, 0.25) is 0 Å². The number of ether oxygens (including phenoxy) is 2. The minimum Gasteiger partial charge on any atom is -0.491 e. The summed E-state index contributed by atoms with van der Waals surface area (Å²) in [7, 11) is 0. The van der Waals surface area contributed by atoms with Gasteiger partial charge in [-0.2, -0.15) is 15.0 Å². The zero-order valence-corrected chi connectivity index (χ0v) is 11.8. The molecule has 1 aromatic heterocycles. The maximum atomic E-state index is 13.8. The van der Waals surface area contributed by atoms with Crippen molar-refractivity contribution in [3.05, 3.63) is 24.0 Å². The zero-order chi connectivity index (χ0) is 15.2. The molecule has 0 unspecified atom stereocenters. The smallest absolute Gasteiger partial charge is 0.323 e. The highest BCUT2D eigenvalue weighted by molar-refractivity contribution is 5.55. The Balaban J connectivity index is 2.19. The second kappa shape index (κ2) is 6.69. The third kappa shape index (κ3) is 3.91. The first kappa shape index (κ1) is 14.8. The maximum absolute atomic E-state index is 13.8. The predicted molar refractivity (Wildman–Crippen MR) is 76.3 cm³/mol.